The SMILES string of the molecule is CCC(CNc1cccc(OCCCc2ccccc2)c1)Oc1cccc(C)c1. The predicted octanol–water partition coefficient (Wildman–Crippen LogP) is 6.28. The third kappa shape index (κ3) is 7.19. The van der Waals surface area contributed by atoms with Crippen LogP contribution in [0, 0.1) is 6.92 Å². The standard InChI is InChI=1S/C26H31NO2/c1-3-24(29-26-16-7-10-21(2)18-26)20-27-23-14-8-15-25(19-23)28-17-9-13-22-11-5-4-6-12-22/h4-8,10-12,14-16,18-19,24,27H,3,9,13,17,20H2,1-2H3. The maximum atomic E-state index is 6.12. The van der Waals surface area contributed by atoms with Crippen molar-refractivity contribution in [3.05, 3.63) is 90.0 Å². The van der Waals surface area contributed by atoms with Gasteiger partial charge in [0.15, 0.2) is 0 Å². The summed E-state index contributed by atoms with van der Waals surface area (Å²) < 4.78 is 12.1. The van der Waals surface area contributed by atoms with Crippen molar-refractivity contribution in [3.8, 4) is 11.5 Å². The van der Waals surface area contributed by atoms with E-state index in [-0.39, 0.29) is 6.10 Å². The van der Waals surface area contributed by atoms with Gasteiger partial charge in [-0.2, -0.15) is 0 Å². The van der Waals surface area contributed by atoms with E-state index in [2.05, 4.69) is 67.7 Å². The van der Waals surface area contributed by atoms with Gasteiger partial charge in [0.2, 0.25) is 0 Å². The van der Waals surface area contributed by atoms with Gasteiger partial charge in [0, 0.05) is 11.8 Å². The highest BCUT2D eigenvalue weighted by Crippen LogP contribution is 2.19. The quantitative estimate of drug-likeness (QED) is 0.392. The molecule has 3 rings (SSSR count). The molecule has 3 nitrogen and oxygen atoms in total. The highest BCUT2D eigenvalue weighted by molar-refractivity contribution is 5.48. The lowest BCUT2D eigenvalue weighted by molar-refractivity contribution is 0.210. The molecular formula is C26H31NO2. The second-order valence-electron chi connectivity index (χ2n) is 7.31. The van der Waals surface area contributed by atoms with Crippen molar-refractivity contribution in [1.82, 2.24) is 0 Å². The van der Waals surface area contributed by atoms with Crippen molar-refractivity contribution >= 4 is 5.69 Å². The number of anilines is 1. The largest absolute Gasteiger partial charge is 0.494 e. The van der Waals surface area contributed by atoms with Gasteiger partial charge in [-0.25, -0.2) is 0 Å². The van der Waals surface area contributed by atoms with E-state index in [0.29, 0.717) is 6.61 Å². The summed E-state index contributed by atoms with van der Waals surface area (Å²) >= 11 is 0. The Balaban J connectivity index is 1.44. The van der Waals surface area contributed by atoms with Crippen LogP contribution in [0.25, 0.3) is 0 Å². The van der Waals surface area contributed by atoms with Crippen LogP contribution >= 0.6 is 0 Å². The summed E-state index contributed by atoms with van der Waals surface area (Å²) in [7, 11) is 0. The maximum Gasteiger partial charge on any atom is 0.121 e. The Kier molecular flexibility index (Phi) is 8.00. The molecule has 0 radical (unpaired) electrons. The number of ether oxygens (including phenoxy) is 2. The minimum Gasteiger partial charge on any atom is -0.494 e. The van der Waals surface area contributed by atoms with Crippen LogP contribution < -0.4 is 14.8 Å². The first-order valence-corrected chi connectivity index (χ1v) is 10.5. The van der Waals surface area contributed by atoms with Gasteiger partial charge in [-0.1, -0.05) is 55.5 Å². The molecule has 3 aromatic rings. The highest BCUT2D eigenvalue weighted by Gasteiger charge is 2.08. The Morgan fingerprint density at radius 1 is 0.862 bits per heavy atom. The molecule has 0 aromatic heterocycles. The van der Waals surface area contributed by atoms with Gasteiger partial charge in [0.05, 0.1) is 13.2 Å². The zero-order valence-corrected chi connectivity index (χ0v) is 17.4. The van der Waals surface area contributed by atoms with Crippen molar-refractivity contribution in [3.63, 3.8) is 0 Å². The lowest BCUT2D eigenvalue weighted by Gasteiger charge is -2.19. The van der Waals surface area contributed by atoms with Gasteiger partial charge in [-0.05, 0) is 61.6 Å². The number of rotatable bonds is 11. The summed E-state index contributed by atoms with van der Waals surface area (Å²) in [5, 5.41) is 3.48. The van der Waals surface area contributed by atoms with E-state index in [1.165, 1.54) is 11.1 Å². The lowest BCUT2D eigenvalue weighted by atomic mass is 10.1. The molecule has 0 spiro atoms. The van der Waals surface area contributed by atoms with Crippen LogP contribution in [0.4, 0.5) is 5.69 Å². The molecule has 29 heavy (non-hydrogen) atoms. The van der Waals surface area contributed by atoms with Gasteiger partial charge < -0.3 is 14.8 Å². The monoisotopic (exact) mass is 389 g/mol. The molecule has 0 saturated heterocycles. The van der Waals surface area contributed by atoms with Crippen molar-refractivity contribution in [2.45, 2.75) is 39.2 Å². The molecule has 1 atom stereocenters. The van der Waals surface area contributed by atoms with E-state index in [9.17, 15) is 0 Å². The summed E-state index contributed by atoms with van der Waals surface area (Å²) in [5.41, 5.74) is 3.62. The van der Waals surface area contributed by atoms with E-state index in [0.717, 1.165) is 43.0 Å². The molecule has 0 saturated carbocycles. The maximum absolute atomic E-state index is 6.12. The minimum atomic E-state index is 0.118. The summed E-state index contributed by atoms with van der Waals surface area (Å²) in [5.74, 6) is 1.82. The average Bonchev–Trinajstić information content (AvgIpc) is 2.75. The third-order valence-electron chi connectivity index (χ3n) is 4.84. The summed E-state index contributed by atoms with van der Waals surface area (Å²) in [6.45, 7) is 5.69. The second kappa shape index (κ2) is 11.2. The molecule has 3 heteroatoms. The predicted molar refractivity (Wildman–Crippen MR) is 121 cm³/mol. The first-order chi connectivity index (χ1) is 14.2. The molecule has 0 heterocycles. The molecule has 0 aliphatic rings. The van der Waals surface area contributed by atoms with Crippen molar-refractivity contribution in [1.29, 1.82) is 0 Å². The van der Waals surface area contributed by atoms with E-state index in [4.69, 9.17) is 9.47 Å². The molecule has 152 valence electrons. The normalized spacial score (nSPS) is 11.7. The summed E-state index contributed by atoms with van der Waals surface area (Å²) in [6.07, 6.45) is 3.10. The molecule has 0 amide bonds. The van der Waals surface area contributed by atoms with E-state index in [1.54, 1.807) is 0 Å². The number of hydrogen-bond donors (Lipinski definition) is 1. The number of nitrogens with one attached hydrogen (secondary N) is 1. The Hall–Kier alpha value is -2.94. The Labute approximate surface area is 174 Å². The zero-order chi connectivity index (χ0) is 20.3. The van der Waals surface area contributed by atoms with Crippen LogP contribution in [0.1, 0.15) is 30.9 Å². The fourth-order valence-corrected chi connectivity index (χ4v) is 3.19. The first-order valence-electron chi connectivity index (χ1n) is 10.5. The van der Waals surface area contributed by atoms with Crippen molar-refractivity contribution < 1.29 is 9.47 Å². The Bertz CT molecular complexity index is 863. The van der Waals surface area contributed by atoms with E-state index in [1.807, 2.05) is 30.3 Å². The molecular weight excluding hydrogens is 358 g/mol. The van der Waals surface area contributed by atoms with Gasteiger partial charge in [0.25, 0.3) is 0 Å². The molecule has 0 bridgehead atoms. The average molecular weight is 390 g/mol. The van der Waals surface area contributed by atoms with Crippen LogP contribution in [0.15, 0.2) is 78.9 Å². The smallest absolute Gasteiger partial charge is 0.121 e. The van der Waals surface area contributed by atoms with Gasteiger partial charge in [-0.3, -0.25) is 0 Å². The van der Waals surface area contributed by atoms with Crippen molar-refractivity contribution in [2.75, 3.05) is 18.5 Å². The molecule has 0 aliphatic carbocycles. The molecule has 3 aromatic carbocycles. The minimum absolute atomic E-state index is 0.118. The molecule has 1 unspecified atom stereocenters. The van der Waals surface area contributed by atoms with E-state index >= 15 is 0 Å². The topological polar surface area (TPSA) is 30.5 Å². The first kappa shape index (κ1) is 20.8. The Morgan fingerprint density at radius 3 is 2.45 bits per heavy atom. The van der Waals surface area contributed by atoms with Gasteiger partial charge >= 0.3 is 0 Å². The molecule has 0 fully saturated rings. The second-order valence-corrected chi connectivity index (χ2v) is 7.31. The van der Waals surface area contributed by atoms with Crippen LogP contribution in [0.2, 0.25) is 0 Å². The van der Waals surface area contributed by atoms with Crippen LogP contribution in [-0.2, 0) is 6.42 Å². The zero-order valence-electron chi connectivity index (χ0n) is 17.4. The lowest BCUT2D eigenvalue weighted by Crippen LogP contribution is -2.25. The van der Waals surface area contributed by atoms with Crippen LogP contribution in [-0.4, -0.2) is 19.3 Å². The molecule has 0 aliphatic heterocycles. The summed E-state index contributed by atoms with van der Waals surface area (Å²) in [4.78, 5) is 0. The number of benzene rings is 3. The highest BCUT2D eigenvalue weighted by atomic mass is 16.5. The van der Waals surface area contributed by atoms with Crippen LogP contribution in [0.5, 0.6) is 11.5 Å². The number of hydrogen-bond acceptors (Lipinski definition) is 3. The van der Waals surface area contributed by atoms with Crippen molar-refractivity contribution in [2.24, 2.45) is 0 Å². The Morgan fingerprint density at radius 2 is 1.66 bits per heavy atom. The summed E-state index contributed by atoms with van der Waals surface area (Å²) in [6, 6.07) is 26.9. The fourth-order valence-electron chi connectivity index (χ4n) is 3.19. The fraction of sp³-hybridized carbons (Fsp3) is 0.308. The van der Waals surface area contributed by atoms with E-state index < -0.39 is 0 Å². The van der Waals surface area contributed by atoms with Gasteiger partial charge in [0.1, 0.15) is 17.6 Å². The number of aryl methyl sites for hydroxylation is 2. The van der Waals surface area contributed by atoms with Gasteiger partial charge in [-0.15, -0.1) is 0 Å². The molecule has 1 N–H and O–H groups in total. The third-order valence-corrected chi connectivity index (χ3v) is 4.84. The van der Waals surface area contributed by atoms with Crippen LogP contribution in [0.3, 0.4) is 0 Å².